The molecule has 0 bridgehead atoms. The maximum atomic E-state index is 10.7. The van der Waals surface area contributed by atoms with Gasteiger partial charge in [-0.25, -0.2) is 0 Å². The highest BCUT2D eigenvalue weighted by Gasteiger charge is 2.12. The normalized spacial score (nSPS) is 12.4. The van der Waals surface area contributed by atoms with Crippen LogP contribution in [0.1, 0.15) is 24.9 Å². The fourth-order valence-corrected chi connectivity index (χ4v) is 1.77. The van der Waals surface area contributed by atoms with E-state index in [2.05, 4.69) is 35.0 Å². The van der Waals surface area contributed by atoms with Gasteiger partial charge in [0.15, 0.2) is 6.54 Å². The molecule has 0 aliphatic rings. The number of carbonyl (C=O) groups is 1. The third-order valence-electron chi connectivity index (χ3n) is 2.34. The van der Waals surface area contributed by atoms with Gasteiger partial charge < -0.3 is 11.1 Å². The topological polar surface area (TPSA) is 59.7 Å². The zero-order valence-electron chi connectivity index (χ0n) is 8.74. The summed E-state index contributed by atoms with van der Waals surface area (Å²) in [6.07, 6.45) is 0.981. The number of halogens is 1. The van der Waals surface area contributed by atoms with Crippen molar-refractivity contribution in [2.24, 2.45) is 5.73 Å². The second-order valence-electron chi connectivity index (χ2n) is 3.47. The number of primary amides is 1. The predicted octanol–water partition coefficient (Wildman–Crippen LogP) is 0.949. The van der Waals surface area contributed by atoms with Crippen molar-refractivity contribution in [3.05, 3.63) is 34.3 Å². The van der Waals surface area contributed by atoms with Gasteiger partial charge in [-0.3, -0.25) is 4.79 Å². The Morgan fingerprint density at radius 3 is 2.53 bits per heavy atom. The van der Waals surface area contributed by atoms with Crippen LogP contribution < -0.4 is 11.1 Å². The van der Waals surface area contributed by atoms with Gasteiger partial charge >= 0.3 is 0 Å². The average Bonchev–Trinajstić information content (AvgIpc) is 2.21. The molecule has 1 amide bonds. The molecule has 15 heavy (non-hydrogen) atoms. The van der Waals surface area contributed by atoms with Crippen molar-refractivity contribution >= 4 is 21.8 Å². The second-order valence-corrected chi connectivity index (χ2v) is 4.39. The maximum Gasteiger partial charge on any atom is 0.272 e. The molecular formula is C11H16BrN2O+. The quantitative estimate of drug-likeness (QED) is 0.823. The number of hydrogen-bond donors (Lipinski definition) is 2. The van der Waals surface area contributed by atoms with Crippen LogP contribution in [0.25, 0.3) is 0 Å². The highest BCUT2D eigenvalue weighted by molar-refractivity contribution is 9.10. The summed E-state index contributed by atoms with van der Waals surface area (Å²) in [6, 6.07) is 8.46. The van der Waals surface area contributed by atoms with E-state index in [4.69, 9.17) is 5.73 Å². The van der Waals surface area contributed by atoms with Crippen LogP contribution in [0, 0.1) is 0 Å². The van der Waals surface area contributed by atoms with E-state index in [-0.39, 0.29) is 5.91 Å². The molecule has 0 unspecified atom stereocenters. The van der Waals surface area contributed by atoms with Crippen LogP contribution in [-0.4, -0.2) is 12.5 Å². The van der Waals surface area contributed by atoms with Gasteiger partial charge in [0.2, 0.25) is 0 Å². The lowest BCUT2D eigenvalue weighted by Gasteiger charge is -2.12. The van der Waals surface area contributed by atoms with E-state index in [0.717, 1.165) is 10.9 Å². The summed E-state index contributed by atoms with van der Waals surface area (Å²) in [6.45, 7) is 2.44. The zero-order valence-corrected chi connectivity index (χ0v) is 10.3. The molecule has 0 aromatic heterocycles. The molecule has 0 aliphatic carbocycles. The monoisotopic (exact) mass is 271 g/mol. The van der Waals surface area contributed by atoms with Crippen LogP contribution in [0.4, 0.5) is 0 Å². The number of hydrogen-bond acceptors (Lipinski definition) is 1. The minimum atomic E-state index is -0.273. The number of quaternary nitrogens is 1. The first kappa shape index (κ1) is 12.2. The standard InChI is InChI=1S/C11H15BrN2O/c1-2-10(14-7-11(13)15)8-3-5-9(12)6-4-8/h3-6,10,14H,2,7H2,1H3,(H2,13,15)/p+1/t10-/m0/s1. The lowest BCUT2D eigenvalue weighted by Crippen LogP contribution is -2.87. The van der Waals surface area contributed by atoms with Gasteiger partial charge in [0.05, 0.1) is 0 Å². The fourth-order valence-electron chi connectivity index (χ4n) is 1.51. The Labute approximate surface area is 98.2 Å². The predicted molar refractivity (Wildman–Crippen MR) is 63.2 cm³/mol. The molecule has 0 fully saturated rings. The van der Waals surface area contributed by atoms with E-state index in [0.29, 0.717) is 12.6 Å². The lowest BCUT2D eigenvalue weighted by molar-refractivity contribution is -0.686. The van der Waals surface area contributed by atoms with E-state index in [1.165, 1.54) is 5.56 Å². The maximum absolute atomic E-state index is 10.7. The Morgan fingerprint density at radius 2 is 2.07 bits per heavy atom. The number of rotatable bonds is 5. The number of carbonyl (C=O) groups excluding carboxylic acids is 1. The molecule has 0 spiro atoms. The molecule has 1 atom stereocenters. The van der Waals surface area contributed by atoms with Crippen LogP contribution in [0.15, 0.2) is 28.7 Å². The SMILES string of the molecule is CC[C@H]([NH2+]CC(N)=O)c1ccc(Br)cc1. The first-order chi connectivity index (χ1) is 7.13. The minimum absolute atomic E-state index is 0.273. The van der Waals surface area contributed by atoms with Gasteiger partial charge in [0.25, 0.3) is 5.91 Å². The summed E-state index contributed by atoms with van der Waals surface area (Å²) in [5.41, 5.74) is 6.34. The van der Waals surface area contributed by atoms with Crippen LogP contribution >= 0.6 is 15.9 Å². The third-order valence-corrected chi connectivity index (χ3v) is 2.87. The molecule has 3 nitrogen and oxygen atoms in total. The van der Waals surface area contributed by atoms with Gasteiger partial charge in [-0.1, -0.05) is 35.0 Å². The van der Waals surface area contributed by atoms with Crippen molar-refractivity contribution < 1.29 is 10.1 Å². The molecule has 0 heterocycles. The molecule has 0 radical (unpaired) electrons. The Bertz CT molecular complexity index is 324. The largest absolute Gasteiger partial charge is 0.365 e. The summed E-state index contributed by atoms with van der Waals surface area (Å²) < 4.78 is 1.07. The van der Waals surface area contributed by atoms with Crippen molar-refractivity contribution in [2.75, 3.05) is 6.54 Å². The van der Waals surface area contributed by atoms with E-state index in [1.807, 2.05) is 17.4 Å². The molecule has 0 saturated carbocycles. The average molecular weight is 272 g/mol. The molecule has 4 N–H and O–H groups in total. The van der Waals surface area contributed by atoms with Crippen LogP contribution in [0.3, 0.4) is 0 Å². The van der Waals surface area contributed by atoms with E-state index in [1.54, 1.807) is 0 Å². The molecule has 0 saturated heterocycles. The highest BCUT2D eigenvalue weighted by Crippen LogP contribution is 2.16. The molecule has 1 aromatic carbocycles. The van der Waals surface area contributed by atoms with Gasteiger partial charge in [0, 0.05) is 16.5 Å². The molecule has 1 rings (SSSR count). The molecule has 4 heteroatoms. The van der Waals surface area contributed by atoms with E-state index < -0.39 is 0 Å². The highest BCUT2D eigenvalue weighted by atomic mass is 79.9. The van der Waals surface area contributed by atoms with Gasteiger partial charge in [-0.05, 0) is 12.1 Å². The minimum Gasteiger partial charge on any atom is -0.365 e. The summed E-state index contributed by atoms with van der Waals surface area (Å²) >= 11 is 3.39. The Morgan fingerprint density at radius 1 is 1.47 bits per heavy atom. The summed E-state index contributed by atoms with van der Waals surface area (Å²) in [7, 11) is 0. The first-order valence-electron chi connectivity index (χ1n) is 5.00. The Hall–Kier alpha value is -0.870. The lowest BCUT2D eigenvalue weighted by atomic mass is 10.0. The van der Waals surface area contributed by atoms with Crippen molar-refractivity contribution in [1.82, 2.24) is 0 Å². The third kappa shape index (κ3) is 4.01. The van der Waals surface area contributed by atoms with E-state index >= 15 is 0 Å². The number of nitrogens with two attached hydrogens (primary N) is 2. The van der Waals surface area contributed by atoms with Gasteiger partial charge in [-0.15, -0.1) is 0 Å². The van der Waals surface area contributed by atoms with Crippen molar-refractivity contribution in [1.29, 1.82) is 0 Å². The molecule has 0 aliphatic heterocycles. The van der Waals surface area contributed by atoms with Gasteiger partial charge in [0.1, 0.15) is 6.04 Å². The van der Waals surface area contributed by atoms with Crippen LogP contribution in [0.5, 0.6) is 0 Å². The number of benzene rings is 1. The second kappa shape index (κ2) is 5.88. The summed E-state index contributed by atoms with van der Waals surface area (Å²) in [5, 5.41) is 1.98. The van der Waals surface area contributed by atoms with Gasteiger partial charge in [-0.2, -0.15) is 0 Å². The zero-order chi connectivity index (χ0) is 11.3. The Balaban J connectivity index is 2.65. The summed E-state index contributed by atoms with van der Waals surface area (Å²) in [4.78, 5) is 10.7. The summed E-state index contributed by atoms with van der Waals surface area (Å²) in [5.74, 6) is -0.273. The molecule has 1 aromatic rings. The Kier molecular flexibility index (Phi) is 4.78. The van der Waals surface area contributed by atoms with Crippen LogP contribution in [-0.2, 0) is 4.79 Å². The van der Waals surface area contributed by atoms with Crippen molar-refractivity contribution in [3.8, 4) is 0 Å². The molecule has 82 valence electrons. The van der Waals surface area contributed by atoms with Crippen LogP contribution in [0.2, 0.25) is 0 Å². The van der Waals surface area contributed by atoms with E-state index in [9.17, 15) is 4.79 Å². The van der Waals surface area contributed by atoms with Crippen molar-refractivity contribution in [2.45, 2.75) is 19.4 Å². The molecular weight excluding hydrogens is 256 g/mol. The number of amides is 1. The smallest absolute Gasteiger partial charge is 0.272 e. The van der Waals surface area contributed by atoms with Crippen molar-refractivity contribution in [3.63, 3.8) is 0 Å². The first-order valence-corrected chi connectivity index (χ1v) is 5.80. The fraction of sp³-hybridized carbons (Fsp3) is 0.364.